The number of imidazole rings is 1. The average Bonchev–Trinajstić information content (AvgIpc) is 3.12. The molecular weight excluding hydrogens is 286 g/mol. The lowest BCUT2D eigenvalue weighted by atomic mass is 10.2. The molecule has 0 aliphatic carbocycles. The molecule has 0 unspecified atom stereocenters. The van der Waals surface area contributed by atoms with Gasteiger partial charge in [-0.15, -0.1) is 0 Å². The summed E-state index contributed by atoms with van der Waals surface area (Å²) >= 11 is 5.07. The van der Waals surface area contributed by atoms with Crippen LogP contribution in [0.15, 0.2) is 47.2 Å². The van der Waals surface area contributed by atoms with Crippen LogP contribution in [-0.2, 0) is 0 Å². The van der Waals surface area contributed by atoms with Crippen LogP contribution in [0.5, 0.6) is 0 Å². The molecule has 0 aliphatic rings. The number of benzene rings is 1. The lowest BCUT2D eigenvalue weighted by Gasteiger charge is -1.94. The number of nitrogens with zero attached hydrogens (tertiary/aromatic N) is 3. The molecule has 7 heteroatoms. The van der Waals surface area contributed by atoms with E-state index >= 15 is 0 Å². The van der Waals surface area contributed by atoms with Crippen molar-refractivity contribution in [2.24, 2.45) is 0 Å². The monoisotopic (exact) mass is 295 g/mol. The van der Waals surface area contributed by atoms with Crippen LogP contribution in [0.25, 0.3) is 33.9 Å². The molecule has 0 saturated carbocycles. The quantitative estimate of drug-likeness (QED) is 0.554. The van der Waals surface area contributed by atoms with E-state index in [1.165, 1.54) is 0 Å². The predicted molar refractivity (Wildman–Crippen MR) is 80.0 cm³/mol. The zero-order valence-corrected chi connectivity index (χ0v) is 11.5. The van der Waals surface area contributed by atoms with Gasteiger partial charge in [0, 0.05) is 23.5 Å². The fourth-order valence-corrected chi connectivity index (χ4v) is 2.34. The van der Waals surface area contributed by atoms with Gasteiger partial charge in [-0.2, -0.15) is 4.98 Å². The summed E-state index contributed by atoms with van der Waals surface area (Å²) in [6.45, 7) is 0. The molecule has 21 heavy (non-hydrogen) atoms. The number of aromatic nitrogens is 5. The molecule has 0 atom stereocenters. The first-order valence-corrected chi connectivity index (χ1v) is 6.67. The molecule has 2 N–H and O–H groups in total. The molecule has 1 aromatic carbocycles. The van der Waals surface area contributed by atoms with E-state index in [1.807, 2.05) is 30.3 Å². The lowest BCUT2D eigenvalue weighted by Crippen LogP contribution is -1.82. The van der Waals surface area contributed by atoms with Crippen molar-refractivity contribution in [3.05, 3.63) is 47.5 Å². The van der Waals surface area contributed by atoms with E-state index in [2.05, 4.69) is 25.1 Å². The first-order chi connectivity index (χ1) is 10.3. The third-order valence-corrected chi connectivity index (χ3v) is 3.31. The Bertz CT molecular complexity index is 970. The van der Waals surface area contributed by atoms with Crippen molar-refractivity contribution in [1.82, 2.24) is 25.1 Å². The van der Waals surface area contributed by atoms with Crippen LogP contribution in [0.4, 0.5) is 0 Å². The van der Waals surface area contributed by atoms with E-state index < -0.39 is 0 Å². The number of H-pyrrole nitrogens is 2. The van der Waals surface area contributed by atoms with Crippen molar-refractivity contribution in [1.29, 1.82) is 0 Å². The minimum Gasteiger partial charge on any atom is -0.334 e. The maximum atomic E-state index is 5.32. The minimum atomic E-state index is 0.455. The molecule has 3 aromatic heterocycles. The summed E-state index contributed by atoms with van der Waals surface area (Å²) in [7, 11) is 0. The van der Waals surface area contributed by atoms with Crippen LogP contribution >= 0.6 is 12.2 Å². The number of fused-ring (bicyclic) bond motifs is 1. The molecular formula is C14H9N5OS. The van der Waals surface area contributed by atoms with Gasteiger partial charge in [0.25, 0.3) is 5.89 Å². The molecule has 0 aliphatic heterocycles. The summed E-state index contributed by atoms with van der Waals surface area (Å²) in [5.41, 5.74) is 3.49. The van der Waals surface area contributed by atoms with Crippen molar-refractivity contribution in [3.63, 3.8) is 0 Å². The van der Waals surface area contributed by atoms with E-state index in [0.29, 0.717) is 16.5 Å². The molecule has 0 amide bonds. The highest BCUT2D eigenvalue weighted by Gasteiger charge is 2.11. The van der Waals surface area contributed by atoms with Gasteiger partial charge < -0.3 is 14.5 Å². The summed E-state index contributed by atoms with van der Waals surface area (Å²) in [6, 6.07) is 9.46. The van der Waals surface area contributed by atoms with Gasteiger partial charge in [-0.05, 0) is 42.5 Å². The van der Waals surface area contributed by atoms with Crippen LogP contribution in [0.3, 0.4) is 0 Å². The Labute approximate surface area is 123 Å². The Morgan fingerprint density at radius 1 is 1.05 bits per heavy atom. The van der Waals surface area contributed by atoms with Crippen molar-refractivity contribution >= 4 is 23.3 Å². The fourth-order valence-electron chi connectivity index (χ4n) is 2.12. The number of hydrogen-bond donors (Lipinski definition) is 2. The average molecular weight is 295 g/mol. The molecule has 0 spiro atoms. The Hall–Kier alpha value is -2.80. The van der Waals surface area contributed by atoms with Gasteiger partial charge in [0.1, 0.15) is 0 Å². The number of pyridine rings is 1. The van der Waals surface area contributed by atoms with E-state index in [9.17, 15) is 0 Å². The van der Waals surface area contributed by atoms with Crippen LogP contribution in [0, 0.1) is 4.77 Å². The Morgan fingerprint density at radius 2 is 1.95 bits per heavy atom. The van der Waals surface area contributed by atoms with Gasteiger partial charge in [-0.3, -0.25) is 4.98 Å². The first-order valence-electron chi connectivity index (χ1n) is 6.26. The number of aromatic amines is 2. The molecule has 6 nitrogen and oxygen atoms in total. The van der Waals surface area contributed by atoms with E-state index in [4.69, 9.17) is 16.7 Å². The Balaban J connectivity index is 1.78. The number of nitrogens with one attached hydrogen (secondary N) is 2. The maximum absolute atomic E-state index is 5.32. The summed E-state index contributed by atoms with van der Waals surface area (Å²) in [4.78, 5) is 14.6. The Kier molecular flexibility index (Phi) is 2.65. The van der Waals surface area contributed by atoms with Crippen LogP contribution in [0.1, 0.15) is 0 Å². The smallest absolute Gasteiger partial charge is 0.258 e. The molecule has 0 bridgehead atoms. The molecule has 0 fully saturated rings. The number of rotatable bonds is 2. The maximum Gasteiger partial charge on any atom is 0.258 e. The van der Waals surface area contributed by atoms with Gasteiger partial charge in [0.05, 0.1) is 11.0 Å². The first kappa shape index (κ1) is 12.0. The van der Waals surface area contributed by atoms with Gasteiger partial charge in [0.2, 0.25) is 5.82 Å². The normalized spacial score (nSPS) is 11.0. The minimum absolute atomic E-state index is 0.455. The second-order valence-corrected chi connectivity index (χ2v) is 4.91. The van der Waals surface area contributed by atoms with Gasteiger partial charge in [-0.1, -0.05) is 5.16 Å². The third kappa shape index (κ3) is 2.13. The molecule has 0 radical (unpaired) electrons. The third-order valence-electron chi connectivity index (χ3n) is 3.11. The number of hydrogen-bond acceptors (Lipinski definition) is 5. The highest BCUT2D eigenvalue weighted by molar-refractivity contribution is 7.71. The zero-order chi connectivity index (χ0) is 14.2. The highest BCUT2D eigenvalue weighted by atomic mass is 32.1. The van der Waals surface area contributed by atoms with E-state index in [-0.39, 0.29) is 0 Å². The SMILES string of the molecule is S=c1[nH]c2ccc(-c3nc(-c4cccnc4)no3)cc2[nH]1. The van der Waals surface area contributed by atoms with Crippen LogP contribution in [-0.4, -0.2) is 25.1 Å². The highest BCUT2D eigenvalue weighted by Crippen LogP contribution is 2.24. The summed E-state index contributed by atoms with van der Waals surface area (Å²) in [5.74, 6) is 0.969. The van der Waals surface area contributed by atoms with E-state index in [1.54, 1.807) is 12.4 Å². The summed E-state index contributed by atoms with van der Waals surface area (Å²) < 4.78 is 5.91. The largest absolute Gasteiger partial charge is 0.334 e. The van der Waals surface area contributed by atoms with Crippen LogP contribution in [0.2, 0.25) is 0 Å². The van der Waals surface area contributed by atoms with Gasteiger partial charge >= 0.3 is 0 Å². The molecule has 3 heterocycles. The fraction of sp³-hybridized carbons (Fsp3) is 0. The molecule has 4 rings (SSSR count). The van der Waals surface area contributed by atoms with Crippen molar-refractivity contribution in [2.75, 3.05) is 0 Å². The zero-order valence-electron chi connectivity index (χ0n) is 10.7. The van der Waals surface area contributed by atoms with Crippen LogP contribution < -0.4 is 0 Å². The predicted octanol–water partition coefficient (Wildman–Crippen LogP) is 3.34. The van der Waals surface area contributed by atoms with Crippen molar-refractivity contribution < 1.29 is 4.52 Å². The summed E-state index contributed by atoms with van der Waals surface area (Å²) in [6.07, 6.45) is 3.40. The van der Waals surface area contributed by atoms with E-state index in [0.717, 1.165) is 22.2 Å². The molecule has 102 valence electrons. The van der Waals surface area contributed by atoms with Crippen molar-refractivity contribution in [2.45, 2.75) is 0 Å². The lowest BCUT2D eigenvalue weighted by molar-refractivity contribution is 0.432. The molecule has 0 saturated heterocycles. The van der Waals surface area contributed by atoms with Gasteiger partial charge in [0.15, 0.2) is 4.77 Å². The van der Waals surface area contributed by atoms with Gasteiger partial charge in [-0.25, -0.2) is 0 Å². The summed E-state index contributed by atoms with van der Waals surface area (Å²) in [5, 5.41) is 3.98. The Morgan fingerprint density at radius 3 is 2.81 bits per heavy atom. The second-order valence-electron chi connectivity index (χ2n) is 4.50. The topological polar surface area (TPSA) is 83.4 Å². The standard InChI is InChI=1S/C14H9N5OS/c21-14-16-10-4-3-8(6-11(10)17-14)13-18-12(19-20-13)9-2-1-5-15-7-9/h1-7H,(H2,16,17,21). The second kappa shape index (κ2) is 4.64. The van der Waals surface area contributed by atoms with Crippen molar-refractivity contribution in [3.8, 4) is 22.8 Å². The molecule has 4 aromatic rings.